The number of nitrogens with one attached hydrogen (secondary N) is 1. The Labute approximate surface area is 61.6 Å². The molecule has 10 heavy (non-hydrogen) atoms. The minimum absolute atomic E-state index is 0.647. The molecule has 1 atom stereocenters. The van der Waals surface area contributed by atoms with Gasteiger partial charge in [0, 0.05) is 6.54 Å². The standard InChI is InChI=1S/C7H15NO2/c1-9-10-6-7-3-2-4-8-5-7/h7-8H,2-6H2,1H3. The van der Waals surface area contributed by atoms with Crippen LogP contribution in [-0.2, 0) is 9.78 Å². The first-order chi connectivity index (χ1) is 4.93. The van der Waals surface area contributed by atoms with Crippen LogP contribution in [0.25, 0.3) is 0 Å². The molecule has 0 aliphatic carbocycles. The largest absolute Gasteiger partial charge is 0.316 e. The highest BCUT2D eigenvalue weighted by atomic mass is 17.2. The molecule has 3 nitrogen and oxygen atoms in total. The molecule has 60 valence electrons. The van der Waals surface area contributed by atoms with E-state index in [1.165, 1.54) is 12.8 Å². The van der Waals surface area contributed by atoms with E-state index in [2.05, 4.69) is 10.2 Å². The Hall–Kier alpha value is -0.120. The Bertz CT molecular complexity index is 81.7. The quantitative estimate of drug-likeness (QED) is 0.465. The molecule has 1 aliphatic rings. The average Bonchev–Trinajstić information content (AvgIpc) is 2.03. The normalized spacial score (nSPS) is 26.7. The van der Waals surface area contributed by atoms with Crippen molar-refractivity contribution in [3.63, 3.8) is 0 Å². The molecule has 0 aromatic rings. The van der Waals surface area contributed by atoms with Crippen LogP contribution in [0.2, 0.25) is 0 Å². The molecule has 1 saturated heterocycles. The van der Waals surface area contributed by atoms with Crippen molar-refractivity contribution in [2.75, 3.05) is 26.8 Å². The lowest BCUT2D eigenvalue weighted by Gasteiger charge is -2.21. The summed E-state index contributed by atoms with van der Waals surface area (Å²) in [5.74, 6) is 0.647. The van der Waals surface area contributed by atoms with Gasteiger partial charge in [-0.2, -0.15) is 0 Å². The van der Waals surface area contributed by atoms with Crippen molar-refractivity contribution < 1.29 is 9.78 Å². The monoisotopic (exact) mass is 145 g/mol. The molecule has 3 heteroatoms. The van der Waals surface area contributed by atoms with Crippen LogP contribution in [0.15, 0.2) is 0 Å². The van der Waals surface area contributed by atoms with Gasteiger partial charge < -0.3 is 5.32 Å². The van der Waals surface area contributed by atoms with Gasteiger partial charge in [-0.1, -0.05) is 0 Å². The van der Waals surface area contributed by atoms with Gasteiger partial charge in [0.05, 0.1) is 13.7 Å². The summed E-state index contributed by atoms with van der Waals surface area (Å²) in [5, 5.41) is 3.31. The zero-order valence-electron chi connectivity index (χ0n) is 6.43. The third kappa shape index (κ3) is 2.64. The van der Waals surface area contributed by atoms with Crippen molar-refractivity contribution in [3.05, 3.63) is 0 Å². The maximum Gasteiger partial charge on any atom is 0.0862 e. The van der Waals surface area contributed by atoms with Crippen LogP contribution in [0.3, 0.4) is 0 Å². The third-order valence-electron chi connectivity index (χ3n) is 1.82. The SMILES string of the molecule is COOCC1CCCNC1. The van der Waals surface area contributed by atoms with E-state index in [4.69, 9.17) is 4.89 Å². The minimum Gasteiger partial charge on any atom is -0.316 e. The maximum atomic E-state index is 4.83. The fourth-order valence-electron chi connectivity index (χ4n) is 1.23. The molecule has 1 heterocycles. The molecular weight excluding hydrogens is 130 g/mol. The molecule has 0 radical (unpaired) electrons. The van der Waals surface area contributed by atoms with Crippen LogP contribution in [0, 0.1) is 5.92 Å². The van der Waals surface area contributed by atoms with Gasteiger partial charge in [0.1, 0.15) is 0 Å². The Balaban J connectivity index is 2.02. The first kappa shape index (κ1) is 7.98. The number of hydrogen-bond acceptors (Lipinski definition) is 3. The lowest BCUT2D eigenvalue weighted by molar-refractivity contribution is -0.280. The molecule has 1 unspecified atom stereocenters. The topological polar surface area (TPSA) is 30.5 Å². The second-order valence-electron chi connectivity index (χ2n) is 2.66. The van der Waals surface area contributed by atoms with Crippen LogP contribution in [0.4, 0.5) is 0 Å². The van der Waals surface area contributed by atoms with E-state index in [9.17, 15) is 0 Å². The maximum absolute atomic E-state index is 4.83. The third-order valence-corrected chi connectivity index (χ3v) is 1.82. The lowest BCUT2D eigenvalue weighted by Crippen LogP contribution is -2.32. The van der Waals surface area contributed by atoms with Gasteiger partial charge in [0.25, 0.3) is 0 Å². The summed E-state index contributed by atoms with van der Waals surface area (Å²) in [6, 6.07) is 0. The van der Waals surface area contributed by atoms with Crippen LogP contribution in [-0.4, -0.2) is 26.8 Å². The van der Waals surface area contributed by atoms with Gasteiger partial charge in [-0.3, -0.25) is 0 Å². The highest BCUT2D eigenvalue weighted by molar-refractivity contribution is 4.67. The van der Waals surface area contributed by atoms with E-state index in [0.717, 1.165) is 19.7 Å². The lowest BCUT2D eigenvalue weighted by atomic mass is 10.0. The van der Waals surface area contributed by atoms with E-state index in [1.807, 2.05) is 0 Å². The van der Waals surface area contributed by atoms with E-state index in [1.54, 1.807) is 7.11 Å². The van der Waals surface area contributed by atoms with E-state index in [-0.39, 0.29) is 0 Å². The first-order valence-electron chi connectivity index (χ1n) is 3.80. The molecule has 0 bridgehead atoms. The predicted molar refractivity (Wildman–Crippen MR) is 38.6 cm³/mol. The summed E-state index contributed by atoms with van der Waals surface area (Å²) in [4.78, 5) is 9.35. The number of hydrogen-bond donors (Lipinski definition) is 1. The second-order valence-corrected chi connectivity index (χ2v) is 2.66. The summed E-state index contributed by atoms with van der Waals surface area (Å²) in [6.45, 7) is 2.95. The van der Waals surface area contributed by atoms with Gasteiger partial charge >= 0.3 is 0 Å². The molecule has 0 amide bonds. The van der Waals surface area contributed by atoms with Gasteiger partial charge in [0.15, 0.2) is 0 Å². The highest BCUT2D eigenvalue weighted by Crippen LogP contribution is 2.09. The Kier molecular flexibility index (Phi) is 3.72. The van der Waals surface area contributed by atoms with Gasteiger partial charge in [-0.15, -0.1) is 0 Å². The molecule has 1 rings (SSSR count). The summed E-state index contributed by atoms with van der Waals surface area (Å²) in [5.41, 5.74) is 0. The van der Waals surface area contributed by atoms with Crippen LogP contribution in [0.5, 0.6) is 0 Å². The number of rotatable bonds is 3. The number of piperidine rings is 1. The molecule has 0 spiro atoms. The summed E-state index contributed by atoms with van der Waals surface area (Å²) < 4.78 is 0. The molecule has 0 saturated carbocycles. The molecule has 1 aliphatic heterocycles. The van der Waals surface area contributed by atoms with Crippen molar-refractivity contribution in [3.8, 4) is 0 Å². The molecule has 0 aromatic heterocycles. The van der Waals surface area contributed by atoms with Crippen molar-refractivity contribution in [2.24, 2.45) is 5.92 Å². The Morgan fingerprint density at radius 2 is 2.50 bits per heavy atom. The van der Waals surface area contributed by atoms with Gasteiger partial charge in [-0.05, 0) is 25.3 Å². The van der Waals surface area contributed by atoms with Crippen molar-refractivity contribution in [1.29, 1.82) is 0 Å². The zero-order valence-corrected chi connectivity index (χ0v) is 6.43. The van der Waals surface area contributed by atoms with Crippen molar-refractivity contribution >= 4 is 0 Å². The van der Waals surface area contributed by atoms with Crippen LogP contribution < -0.4 is 5.32 Å². The van der Waals surface area contributed by atoms with Gasteiger partial charge in [-0.25, -0.2) is 9.78 Å². The summed E-state index contributed by atoms with van der Waals surface area (Å²) >= 11 is 0. The smallest absolute Gasteiger partial charge is 0.0862 e. The summed E-state index contributed by atoms with van der Waals surface area (Å²) in [6.07, 6.45) is 2.52. The second kappa shape index (κ2) is 4.66. The van der Waals surface area contributed by atoms with Crippen molar-refractivity contribution in [2.45, 2.75) is 12.8 Å². The molecule has 1 N–H and O–H groups in total. The highest BCUT2D eigenvalue weighted by Gasteiger charge is 2.12. The van der Waals surface area contributed by atoms with E-state index >= 15 is 0 Å². The Morgan fingerprint density at radius 1 is 1.60 bits per heavy atom. The molecule has 0 aromatic carbocycles. The van der Waals surface area contributed by atoms with Gasteiger partial charge in [0.2, 0.25) is 0 Å². The first-order valence-corrected chi connectivity index (χ1v) is 3.80. The predicted octanol–water partition coefficient (Wildman–Crippen LogP) is 0.564. The van der Waals surface area contributed by atoms with Crippen molar-refractivity contribution in [1.82, 2.24) is 5.32 Å². The van der Waals surface area contributed by atoms with E-state index < -0.39 is 0 Å². The van der Waals surface area contributed by atoms with Crippen LogP contribution in [0.1, 0.15) is 12.8 Å². The zero-order chi connectivity index (χ0) is 7.23. The molecular formula is C7H15NO2. The average molecular weight is 145 g/mol. The summed E-state index contributed by atoms with van der Waals surface area (Å²) in [7, 11) is 1.55. The Morgan fingerprint density at radius 3 is 3.10 bits per heavy atom. The minimum atomic E-state index is 0.647. The van der Waals surface area contributed by atoms with E-state index in [0.29, 0.717) is 5.92 Å². The molecule has 1 fully saturated rings. The fraction of sp³-hybridized carbons (Fsp3) is 1.00. The fourth-order valence-corrected chi connectivity index (χ4v) is 1.23. The van der Waals surface area contributed by atoms with Crippen LogP contribution >= 0.6 is 0 Å².